The highest BCUT2D eigenvalue weighted by Gasteiger charge is 2.42. The SMILES string of the molecule is COC(=O)C1=C(c2ccccc2)C[C@@H]2CC[C@H]1N2C. The van der Waals surface area contributed by atoms with Gasteiger partial charge in [0.25, 0.3) is 0 Å². The van der Waals surface area contributed by atoms with Crippen LogP contribution >= 0.6 is 0 Å². The highest BCUT2D eigenvalue weighted by Crippen LogP contribution is 2.42. The number of carbonyl (C=O) groups is 1. The minimum absolute atomic E-state index is 0.170. The smallest absolute Gasteiger partial charge is 0.335 e. The molecule has 2 aliphatic heterocycles. The number of hydrogen-bond donors (Lipinski definition) is 0. The third-order valence-electron chi connectivity index (χ3n) is 4.47. The van der Waals surface area contributed by atoms with E-state index < -0.39 is 0 Å². The van der Waals surface area contributed by atoms with Crippen LogP contribution in [0.15, 0.2) is 35.9 Å². The van der Waals surface area contributed by atoms with Gasteiger partial charge >= 0.3 is 5.97 Å². The van der Waals surface area contributed by atoms with Gasteiger partial charge in [0.05, 0.1) is 12.7 Å². The maximum atomic E-state index is 12.2. The Hall–Kier alpha value is -1.61. The van der Waals surface area contributed by atoms with Crippen LogP contribution in [0.5, 0.6) is 0 Å². The van der Waals surface area contributed by atoms with Crippen molar-refractivity contribution in [3.8, 4) is 0 Å². The Balaban J connectivity index is 2.11. The van der Waals surface area contributed by atoms with Crippen molar-refractivity contribution in [2.45, 2.75) is 31.3 Å². The number of rotatable bonds is 2. The number of nitrogens with zero attached hydrogens (tertiary/aromatic N) is 1. The van der Waals surface area contributed by atoms with E-state index >= 15 is 0 Å². The lowest BCUT2D eigenvalue weighted by Crippen LogP contribution is -2.40. The summed E-state index contributed by atoms with van der Waals surface area (Å²) >= 11 is 0. The summed E-state index contributed by atoms with van der Waals surface area (Å²) in [5.74, 6) is -0.170. The topological polar surface area (TPSA) is 29.5 Å². The molecule has 0 aromatic heterocycles. The van der Waals surface area contributed by atoms with Crippen LogP contribution < -0.4 is 0 Å². The fourth-order valence-corrected chi connectivity index (χ4v) is 3.43. The summed E-state index contributed by atoms with van der Waals surface area (Å²) in [6, 6.07) is 11.0. The first-order valence-corrected chi connectivity index (χ1v) is 6.81. The highest BCUT2D eigenvalue weighted by molar-refractivity contribution is 5.99. The van der Waals surface area contributed by atoms with Crippen LogP contribution in [-0.4, -0.2) is 37.1 Å². The number of ether oxygens (including phenoxy) is 1. The first-order valence-electron chi connectivity index (χ1n) is 6.81. The molecule has 1 fully saturated rings. The van der Waals surface area contributed by atoms with Crippen LogP contribution in [0.2, 0.25) is 0 Å². The maximum absolute atomic E-state index is 12.2. The molecule has 2 aliphatic rings. The van der Waals surface area contributed by atoms with Gasteiger partial charge in [-0.2, -0.15) is 0 Å². The molecular weight excluding hydrogens is 238 g/mol. The predicted octanol–water partition coefficient (Wildman–Crippen LogP) is 2.48. The second-order valence-corrected chi connectivity index (χ2v) is 5.37. The van der Waals surface area contributed by atoms with Crippen molar-refractivity contribution >= 4 is 11.5 Å². The van der Waals surface area contributed by atoms with E-state index in [9.17, 15) is 4.79 Å². The average molecular weight is 257 g/mol. The molecule has 0 aliphatic carbocycles. The molecule has 0 spiro atoms. The van der Waals surface area contributed by atoms with Crippen LogP contribution in [0.1, 0.15) is 24.8 Å². The molecular formula is C16H19NO2. The Morgan fingerprint density at radius 1 is 1.26 bits per heavy atom. The molecule has 100 valence electrons. The molecule has 19 heavy (non-hydrogen) atoms. The van der Waals surface area contributed by atoms with Crippen molar-refractivity contribution in [3.05, 3.63) is 41.5 Å². The van der Waals surface area contributed by atoms with Gasteiger partial charge in [-0.3, -0.25) is 4.90 Å². The number of likely N-dealkylation sites (N-methyl/N-ethyl adjacent to an activating group) is 1. The first kappa shape index (κ1) is 12.4. The van der Waals surface area contributed by atoms with Crippen LogP contribution in [0.3, 0.4) is 0 Å². The molecule has 1 aromatic rings. The van der Waals surface area contributed by atoms with Crippen molar-refractivity contribution in [2.24, 2.45) is 0 Å². The van der Waals surface area contributed by atoms with Gasteiger partial charge in [0.15, 0.2) is 0 Å². The molecule has 2 bridgehead atoms. The molecule has 0 unspecified atom stereocenters. The molecule has 2 atom stereocenters. The molecule has 0 amide bonds. The minimum atomic E-state index is -0.170. The Kier molecular flexibility index (Phi) is 3.15. The summed E-state index contributed by atoms with van der Waals surface area (Å²) in [4.78, 5) is 14.5. The molecule has 1 saturated heterocycles. The summed E-state index contributed by atoms with van der Waals surface area (Å²) < 4.78 is 5.02. The van der Waals surface area contributed by atoms with Crippen LogP contribution in [0.4, 0.5) is 0 Å². The van der Waals surface area contributed by atoms with E-state index in [0.29, 0.717) is 6.04 Å². The fourth-order valence-electron chi connectivity index (χ4n) is 3.43. The van der Waals surface area contributed by atoms with Gasteiger partial charge in [-0.1, -0.05) is 30.3 Å². The quantitative estimate of drug-likeness (QED) is 0.762. The molecule has 3 heteroatoms. The number of carbonyl (C=O) groups excluding carboxylic acids is 1. The summed E-state index contributed by atoms with van der Waals surface area (Å²) in [5.41, 5.74) is 3.20. The summed E-state index contributed by atoms with van der Waals surface area (Å²) in [5, 5.41) is 0. The van der Waals surface area contributed by atoms with Crippen LogP contribution in [0, 0.1) is 0 Å². The second-order valence-electron chi connectivity index (χ2n) is 5.37. The Bertz CT molecular complexity index is 521. The monoisotopic (exact) mass is 257 g/mol. The van der Waals surface area contributed by atoms with E-state index in [4.69, 9.17) is 4.74 Å². The van der Waals surface area contributed by atoms with Crippen molar-refractivity contribution in [3.63, 3.8) is 0 Å². The van der Waals surface area contributed by atoms with E-state index in [2.05, 4.69) is 24.1 Å². The number of benzene rings is 1. The molecule has 0 saturated carbocycles. The summed E-state index contributed by atoms with van der Waals surface area (Å²) in [7, 11) is 3.59. The van der Waals surface area contributed by atoms with Crippen molar-refractivity contribution in [2.75, 3.05) is 14.2 Å². The lowest BCUT2D eigenvalue weighted by atomic mass is 9.89. The molecule has 0 N–H and O–H groups in total. The largest absolute Gasteiger partial charge is 0.466 e. The van der Waals surface area contributed by atoms with Crippen molar-refractivity contribution in [1.82, 2.24) is 4.90 Å². The van der Waals surface area contributed by atoms with Gasteiger partial charge in [-0.15, -0.1) is 0 Å². The Morgan fingerprint density at radius 2 is 2.00 bits per heavy atom. The number of methoxy groups -OCH3 is 1. The highest BCUT2D eigenvalue weighted by atomic mass is 16.5. The van der Waals surface area contributed by atoms with E-state index in [1.807, 2.05) is 18.2 Å². The molecule has 2 heterocycles. The Morgan fingerprint density at radius 3 is 2.68 bits per heavy atom. The Labute approximate surface area is 113 Å². The zero-order chi connectivity index (χ0) is 13.4. The molecule has 0 radical (unpaired) electrons. The zero-order valence-corrected chi connectivity index (χ0v) is 11.4. The van der Waals surface area contributed by atoms with E-state index in [1.54, 1.807) is 0 Å². The lowest BCUT2D eigenvalue weighted by molar-refractivity contribution is -0.136. The van der Waals surface area contributed by atoms with E-state index in [-0.39, 0.29) is 12.0 Å². The second kappa shape index (κ2) is 4.82. The van der Waals surface area contributed by atoms with Gasteiger partial charge in [-0.25, -0.2) is 4.79 Å². The zero-order valence-electron chi connectivity index (χ0n) is 11.4. The minimum Gasteiger partial charge on any atom is -0.466 e. The van der Waals surface area contributed by atoms with Crippen LogP contribution in [0.25, 0.3) is 5.57 Å². The third kappa shape index (κ3) is 1.98. The van der Waals surface area contributed by atoms with Gasteiger partial charge in [0.1, 0.15) is 0 Å². The number of hydrogen-bond acceptors (Lipinski definition) is 3. The first-order chi connectivity index (χ1) is 9.22. The standard InChI is InChI=1S/C16H19NO2/c1-17-12-8-9-14(17)15(16(18)19-2)13(10-12)11-6-4-3-5-7-11/h3-7,12,14H,8-10H2,1-2H3/t12-,14+/m0/s1. The van der Waals surface area contributed by atoms with Gasteiger partial charge in [-0.05, 0) is 37.4 Å². The summed E-state index contributed by atoms with van der Waals surface area (Å²) in [6.07, 6.45) is 3.17. The number of fused-ring (bicyclic) bond motifs is 2. The predicted molar refractivity (Wildman–Crippen MR) is 74.6 cm³/mol. The van der Waals surface area contributed by atoms with E-state index in [1.165, 1.54) is 12.7 Å². The van der Waals surface area contributed by atoms with Gasteiger partial charge < -0.3 is 4.74 Å². The molecule has 1 aromatic carbocycles. The normalized spacial score (nSPS) is 26.6. The fraction of sp³-hybridized carbons (Fsp3) is 0.438. The maximum Gasteiger partial charge on any atom is 0.335 e. The summed E-state index contributed by atoms with van der Waals surface area (Å²) in [6.45, 7) is 0. The van der Waals surface area contributed by atoms with E-state index in [0.717, 1.165) is 30.4 Å². The van der Waals surface area contributed by atoms with Crippen molar-refractivity contribution < 1.29 is 9.53 Å². The number of esters is 1. The third-order valence-corrected chi connectivity index (χ3v) is 4.47. The molecule has 3 nitrogen and oxygen atoms in total. The lowest BCUT2D eigenvalue weighted by Gasteiger charge is -2.34. The van der Waals surface area contributed by atoms with Gasteiger partial charge in [0.2, 0.25) is 0 Å². The average Bonchev–Trinajstić information content (AvgIpc) is 2.70. The molecule has 3 rings (SSSR count). The van der Waals surface area contributed by atoms with Gasteiger partial charge in [0, 0.05) is 12.1 Å². The van der Waals surface area contributed by atoms with Crippen molar-refractivity contribution in [1.29, 1.82) is 0 Å². The van der Waals surface area contributed by atoms with Crippen LogP contribution in [-0.2, 0) is 9.53 Å².